The van der Waals surface area contributed by atoms with Gasteiger partial charge in [0.05, 0.1) is 22.6 Å². The molecule has 6 nitrogen and oxygen atoms in total. The van der Waals surface area contributed by atoms with E-state index < -0.39 is 15.6 Å². The van der Waals surface area contributed by atoms with E-state index in [0.29, 0.717) is 31.0 Å². The van der Waals surface area contributed by atoms with Crippen molar-refractivity contribution in [2.24, 2.45) is 11.8 Å². The molecule has 5 rings (SSSR count). The predicted octanol–water partition coefficient (Wildman–Crippen LogP) is 2.24. The fourth-order valence-corrected chi connectivity index (χ4v) is 6.88. The molecule has 1 saturated heterocycles. The maximum Gasteiger partial charge on any atom is 0.216 e. The van der Waals surface area contributed by atoms with Gasteiger partial charge in [-0.1, -0.05) is 11.6 Å². The van der Waals surface area contributed by atoms with Crippen LogP contribution in [-0.2, 0) is 15.6 Å². The number of nitrogens with zero attached hydrogens (tertiary/aromatic N) is 2. The SMILES string of the molecule is O=S(=O)(C1CC1)N1CC2CC(O)(c3cc(Cl)cc4cn[nH]c34)C[C@@H]2C1. The molecule has 3 fully saturated rings. The van der Waals surface area contributed by atoms with Gasteiger partial charge in [-0.2, -0.15) is 5.10 Å². The molecule has 2 aliphatic carbocycles. The summed E-state index contributed by atoms with van der Waals surface area (Å²) in [6, 6.07) is 3.63. The lowest BCUT2D eigenvalue weighted by Gasteiger charge is -2.27. The minimum absolute atomic E-state index is 0.164. The molecule has 3 aliphatic rings. The van der Waals surface area contributed by atoms with Crippen molar-refractivity contribution in [2.45, 2.75) is 36.5 Å². The Morgan fingerprint density at radius 2 is 1.92 bits per heavy atom. The summed E-state index contributed by atoms with van der Waals surface area (Å²) in [4.78, 5) is 0. The molecular weight excluding hydrogens is 362 g/mol. The molecule has 25 heavy (non-hydrogen) atoms. The van der Waals surface area contributed by atoms with Crippen molar-refractivity contribution in [1.82, 2.24) is 14.5 Å². The first-order chi connectivity index (χ1) is 11.9. The van der Waals surface area contributed by atoms with Crippen LogP contribution >= 0.6 is 11.6 Å². The summed E-state index contributed by atoms with van der Waals surface area (Å²) in [7, 11) is -3.13. The number of aromatic amines is 1. The Hall–Kier alpha value is -1.15. The van der Waals surface area contributed by atoms with E-state index in [2.05, 4.69) is 10.2 Å². The highest BCUT2D eigenvalue weighted by Crippen LogP contribution is 2.51. The van der Waals surface area contributed by atoms with Crippen LogP contribution in [0.5, 0.6) is 0 Å². The van der Waals surface area contributed by atoms with E-state index in [0.717, 1.165) is 29.3 Å². The molecule has 2 N–H and O–H groups in total. The Morgan fingerprint density at radius 3 is 2.56 bits per heavy atom. The van der Waals surface area contributed by atoms with Crippen LogP contribution in [0.4, 0.5) is 0 Å². The van der Waals surface area contributed by atoms with E-state index in [-0.39, 0.29) is 17.1 Å². The van der Waals surface area contributed by atoms with E-state index in [4.69, 9.17) is 11.6 Å². The van der Waals surface area contributed by atoms with Crippen LogP contribution in [0.2, 0.25) is 5.02 Å². The molecule has 134 valence electrons. The normalized spacial score (nSPS) is 33.2. The molecule has 3 atom stereocenters. The van der Waals surface area contributed by atoms with Crippen LogP contribution in [0, 0.1) is 11.8 Å². The molecule has 1 aromatic carbocycles. The molecule has 8 heteroatoms. The average molecular weight is 382 g/mol. The molecule has 1 aromatic heterocycles. The van der Waals surface area contributed by atoms with Gasteiger partial charge in [-0.3, -0.25) is 5.10 Å². The average Bonchev–Trinajstić information content (AvgIpc) is 3.07. The standard InChI is InChI=1S/C17H20ClN3O3S/c18-13-3-10-7-19-20-16(10)15(4-13)17(22)5-11-8-21(9-12(11)6-17)25(23,24)14-1-2-14/h3-4,7,11-12,14,22H,1-2,5-6,8-9H2,(H,19,20)/t11-,12?,17?/m1/s1. The first-order valence-corrected chi connectivity index (χ1v) is 10.6. The largest absolute Gasteiger partial charge is 0.385 e. The Kier molecular flexibility index (Phi) is 3.33. The fraction of sp³-hybridized carbons (Fsp3) is 0.588. The summed E-state index contributed by atoms with van der Waals surface area (Å²) in [5.74, 6) is 0.381. The number of hydrogen-bond acceptors (Lipinski definition) is 4. The van der Waals surface area contributed by atoms with Crippen LogP contribution in [0.1, 0.15) is 31.2 Å². The molecule has 0 spiro atoms. The van der Waals surface area contributed by atoms with Crippen molar-refractivity contribution >= 4 is 32.5 Å². The highest BCUT2D eigenvalue weighted by atomic mass is 35.5. The summed E-state index contributed by atoms with van der Waals surface area (Å²) in [6.07, 6.45) is 4.40. The topological polar surface area (TPSA) is 86.3 Å². The molecule has 0 bridgehead atoms. The zero-order chi connectivity index (χ0) is 17.4. The van der Waals surface area contributed by atoms with Crippen molar-refractivity contribution < 1.29 is 13.5 Å². The lowest BCUT2D eigenvalue weighted by Crippen LogP contribution is -2.34. The molecule has 0 amide bonds. The number of fused-ring (bicyclic) bond motifs is 2. The summed E-state index contributed by atoms with van der Waals surface area (Å²) >= 11 is 6.23. The second kappa shape index (κ2) is 5.19. The molecule has 2 saturated carbocycles. The third-order valence-corrected chi connectivity index (χ3v) is 8.61. The van der Waals surface area contributed by atoms with E-state index in [1.165, 1.54) is 0 Å². The summed E-state index contributed by atoms with van der Waals surface area (Å²) in [6.45, 7) is 1.05. The zero-order valence-corrected chi connectivity index (χ0v) is 15.2. The van der Waals surface area contributed by atoms with Crippen molar-refractivity contribution in [3.8, 4) is 0 Å². The third kappa shape index (κ3) is 2.44. The van der Waals surface area contributed by atoms with Gasteiger partial charge in [0, 0.05) is 29.1 Å². The first kappa shape index (κ1) is 16.1. The number of nitrogens with one attached hydrogen (secondary N) is 1. The van der Waals surface area contributed by atoms with Gasteiger partial charge in [0.2, 0.25) is 10.0 Å². The van der Waals surface area contributed by atoms with Gasteiger partial charge >= 0.3 is 0 Å². The van der Waals surface area contributed by atoms with Gasteiger partial charge < -0.3 is 5.11 Å². The van der Waals surface area contributed by atoms with Crippen LogP contribution in [0.25, 0.3) is 10.9 Å². The summed E-state index contributed by atoms with van der Waals surface area (Å²) in [5, 5.41) is 19.7. The zero-order valence-electron chi connectivity index (χ0n) is 13.7. The Labute approximate surface area is 151 Å². The molecule has 0 radical (unpaired) electrons. The Balaban J connectivity index is 1.44. The lowest BCUT2D eigenvalue weighted by atomic mass is 9.89. The maximum atomic E-state index is 12.5. The third-order valence-electron chi connectivity index (χ3n) is 6.06. The second-order valence-corrected chi connectivity index (χ2v) is 10.5. The number of aliphatic hydroxyl groups is 1. The van der Waals surface area contributed by atoms with Crippen LogP contribution in [0.3, 0.4) is 0 Å². The van der Waals surface area contributed by atoms with E-state index in [9.17, 15) is 13.5 Å². The number of rotatable bonds is 3. The molecule has 1 aliphatic heterocycles. The summed E-state index contributed by atoms with van der Waals surface area (Å²) < 4.78 is 26.6. The van der Waals surface area contributed by atoms with E-state index in [1.807, 2.05) is 12.1 Å². The number of H-pyrrole nitrogens is 1. The smallest absolute Gasteiger partial charge is 0.216 e. The minimum Gasteiger partial charge on any atom is -0.385 e. The van der Waals surface area contributed by atoms with Crippen LogP contribution in [-0.4, -0.2) is 46.4 Å². The number of hydrogen-bond donors (Lipinski definition) is 2. The number of sulfonamides is 1. The second-order valence-electron chi connectivity index (χ2n) is 7.81. The van der Waals surface area contributed by atoms with Gasteiger partial charge in [-0.15, -0.1) is 0 Å². The lowest BCUT2D eigenvalue weighted by molar-refractivity contribution is 0.0352. The molecule has 2 aromatic rings. The molecule has 2 unspecified atom stereocenters. The quantitative estimate of drug-likeness (QED) is 0.853. The Bertz CT molecular complexity index is 939. The maximum absolute atomic E-state index is 12.5. The van der Waals surface area contributed by atoms with Crippen LogP contribution < -0.4 is 0 Å². The van der Waals surface area contributed by atoms with Crippen molar-refractivity contribution in [3.63, 3.8) is 0 Å². The predicted molar refractivity (Wildman–Crippen MR) is 94.7 cm³/mol. The van der Waals surface area contributed by atoms with Crippen molar-refractivity contribution in [3.05, 3.63) is 28.9 Å². The minimum atomic E-state index is -3.13. The van der Waals surface area contributed by atoms with Crippen molar-refractivity contribution in [1.29, 1.82) is 0 Å². The fourth-order valence-electron chi connectivity index (χ4n) is 4.70. The highest BCUT2D eigenvalue weighted by Gasteiger charge is 2.53. The molecular formula is C17H20ClN3O3S. The van der Waals surface area contributed by atoms with Crippen molar-refractivity contribution in [2.75, 3.05) is 13.1 Å². The van der Waals surface area contributed by atoms with Gasteiger partial charge in [-0.05, 0) is 49.7 Å². The van der Waals surface area contributed by atoms with E-state index in [1.54, 1.807) is 10.5 Å². The number of aromatic nitrogens is 2. The molecule has 2 heterocycles. The van der Waals surface area contributed by atoms with Gasteiger partial charge in [-0.25, -0.2) is 12.7 Å². The van der Waals surface area contributed by atoms with Gasteiger partial charge in [0.15, 0.2) is 0 Å². The monoisotopic (exact) mass is 381 g/mol. The van der Waals surface area contributed by atoms with Gasteiger partial charge in [0.25, 0.3) is 0 Å². The van der Waals surface area contributed by atoms with E-state index >= 15 is 0 Å². The number of benzene rings is 1. The summed E-state index contributed by atoms with van der Waals surface area (Å²) in [5.41, 5.74) is 0.605. The Morgan fingerprint density at radius 1 is 1.24 bits per heavy atom. The van der Waals surface area contributed by atoms with Crippen LogP contribution in [0.15, 0.2) is 18.3 Å². The highest BCUT2D eigenvalue weighted by molar-refractivity contribution is 7.90. The first-order valence-electron chi connectivity index (χ1n) is 8.71. The van der Waals surface area contributed by atoms with Gasteiger partial charge in [0.1, 0.15) is 0 Å². The number of halogens is 1.